The van der Waals surface area contributed by atoms with Crippen LogP contribution in [0.15, 0.2) is 30.3 Å². The number of carbonyl (C=O) groups is 1. The smallest absolute Gasteiger partial charge is 0.221 e. The fourth-order valence-corrected chi connectivity index (χ4v) is 2.21. The average Bonchev–Trinajstić information content (AvgIpc) is 2.97. The Morgan fingerprint density at radius 3 is 2.89 bits per heavy atom. The lowest BCUT2D eigenvalue weighted by atomic mass is 9.97. The van der Waals surface area contributed by atoms with Gasteiger partial charge in [-0.3, -0.25) is 4.79 Å². The Bertz CT molecular complexity index is 447. The number of nitriles is 1. The van der Waals surface area contributed by atoms with Crippen molar-refractivity contribution < 1.29 is 9.53 Å². The van der Waals surface area contributed by atoms with Gasteiger partial charge in [-0.25, -0.2) is 0 Å². The van der Waals surface area contributed by atoms with E-state index in [1.165, 1.54) is 0 Å². The van der Waals surface area contributed by atoms with Crippen LogP contribution in [0, 0.1) is 11.3 Å². The van der Waals surface area contributed by atoms with Crippen molar-refractivity contribution in [3.05, 3.63) is 35.9 Å². The molecule has 1 aromatic rings. The quantitative estimate of drug-likeness (QED) is 0.878. The molecular weight excluding hydrogens is 240 g/mol. The van der Waals surface area contributed by atoms with Crippen LogP contribution >= 0.6 is 0 Å². The lowest BCUT2D eigenvalue weighted by molar-refractivity contribution is -0.121. The lowest BCUT2D eigenvalue weighted by Gasteiger charge is -2.13. The van der Waals surface area contributed by atoms with E-state index >= 15 is 0 Å². The Hall–Kier alpha value is -1.86. The van der Waals surface area contributed by atoms with E-state index in [2.05, 4.69) is 11.4 Å². The predicted molar refractivity (Wildman–Crippen MR) is 71.4 cm³/mol. The highest BCUT2D eigenvalue weighted by Crippen LogP contribution is 2.18. The maximum Gasteiger partial charge on any atom is 0.221 e. The second kappa shape index (κ2) is 6.91. The zero-order valence-electron chi connectivity index (χ0n) is 10.8. The zero-order valence-corrected chi connectivity index (χ0v) is 10.8. The van der Waals surface area contributed by atoms with E-state index in [0.29, 0.717) is 6.54 Å². The fourth-order valence-electron chi connectivity index (χ4n) is 2.21. The van der Waals surface area contributed by atoms with Crippen molar-refractivity contribution in [1.82, 2.24) is 5.32 Å². The minimum absolute atomic E-state index is 0.0918. The predicted octanol–water partition coefficient (Wildman–Crippen LogP) is 1.98. The molecule has 2 atom stereocenters. The summed E-state index contributed by atoms with van der Waals surface area (Å²) in [6, 6.07) is 11.6. The molecule has 1 fully saturated rings. The Kier molecular flexibility index (Phi) is 4.93. The van der Waals surface area contributed by atoms with Gasteiger partial charge in [0.05, 0.1) is 18.1 Å². The van der Waals surface area contributed by atoms with Gasteiger partial charge in [0.25, 0.3) is 0 Å². The van der Waals surface area contributed by atoms with Crippen molar-refractivity contribution in [3.63, 3.8) is 0 Å². The number of ether oxygens (including phenoxy) is 1. The van der Waals surface area contributed by atoms with Gasteiger partial charge in [0, 0.05) is 19.6 Å². The van der Waals surface area contributed by atoms with Crippen LogP contribution < -0.4 is 5.32 Å². The van der Waals surface area contributed by atoms with Crippen molar-refractivity contribution >= 4 is 5.91 Å². The maximum atomic E-state index is 11.8. The number of rotatable bonds is 5. The summed E-state index contributed by atoms with van der Waals surface area (Å²) in [4.78, 5) is 11.8. The van der Waals surface area contributed by atoms with Crippen molar-refractivity contribution in [2.45, 2.75) is 31.3 Å². The molecule has 1 N–H and O–H groups in total. The number of carbonyl (C=O) groups excluding carboxylic acids is 1. The molecule has 0 aromatic heterocycles. The number of amides is 1. The fraction of sp³-hybridized carbons (Fsp3) is 0.467. The summed E-state index contributed by atoms with van der Waals surface area (Å²) < 4.78 is 5.44. The van der Waals surface area contributed by atoms with Crippen LogP contribution in [0.1, 0.15) is 30.7 Å². The highest BCUT2D eigenvalue weighted by molar-refractivity contribution is 5.77. The normalized spacial score (nSPS) is 19.6. The number of benzene rings is 1. The average molecular weight is 258 g/mol. The van der Waals surface area contributed by atoms with E-state index in [4.69, 9.17) is 10.00 Å². The molecule has 2 unspecified atom stereocenters. The van der Waals surface area contributed by atoms with Crippen LogP contribution in [0.4, 0.5) is 0 Å². The summed E-state index contributed by atoms with van der Waals surface area (Å²) in [6.07, 6.45) is 2.40. The van der Waals surface area contributed by atoms with Crippen LogP contribution in [-0.2, 0) is 9.53 Å². The van der Waals surface area contributed by atoms with E-state index in [-0.39, 0.29) is 24.3 Å². The molecule has 4 heteroatoms. The molecule has 19 heavy (non-hydrogen) atoms. The van der Waals surface area contributed by atoms with Gasteiger partial charge in [-0.1, -0.05) is 30.3 Å². The number of hydrogen-bond donors (Lipinski definition) is 1. The number of hydrogen-bond acceptors (Lipinski definition) is 3. The molecule has 2 rings (SSSR count). The summed E-state index contributed by atoms with van der Waals surface area (Å²) in [7, 11) is 0. The monoisotopic (exact) mass is 258 g/mol. The molecule has 1 saturated heterocycles. The summed E-state index contributed by atoms with van der Waals surface area (Å²) in [5.41, 5.74) is 0.886. The second-order valence-corrected chi connectivity index (χ2v) is 4.74. The summed E-state index contributed by atoms with van der Waals surface area (Å²) in [5.74, 6) is -0.475. The van der Waals surface area contributed by atoms with Crippen molar-refractivity contribution in [3.8, 4) is 6.07 Å². The molecule has 1 aliphatic heterocycles. The molecular formula is C15H18N2O2. The van der Waals surface area contributed by atoms with Gasteiger partial charge >= 0.3 is 0 Å². The first kappa shape index (κ1) is 13.6. The van der Waals surface area contributed by atoms with Crippen molar-refractivity contribution in [2.24, 2.45) is 0 Å². The van der Waals surface area contributed by atoms with Crippen LogP contribution in [-0.4, -0.2) is 25.2 Å². The lowest BCUT2D eigenvalue weighted by Crippen LogP contribution is -2.32. The first-order chi connectivity index (χ1) is 9.29. The van der Waals surface area contributed by atoms with Crippen LogP contribution in [0.3, 0.4) is 0 Å². The standard InChI is InChI=1S/C15H18N2O2/c16-10-13(12-5-2-1-3-6-12)9-15(18)17-11-14-7-4-8-19-14/h1-3,5-6,13-14H,4,7-9,11H2,(H,17,18). The molecule has 0 radical (unpaired) electrons. The van der Waals surface area contributed by atoms with E-state index in [9.17, 15) is 4.79 Å². The maximum absolute atomic E-state index is 11.8. The molecule has 1 aliphatic rings. The van der Waals surface area contributed by atoms with Gasteiger partial charge in [-0.2, -0.15) is 5.26 Å². The second-order valence-electron chi connectivity index (χ2n) is 4.74. The summed E-state index contributed by atoms with van der Waals surface area (Å²) in [6.45, 7) is 1.33. The topological polar surface area (TPSA) is 62.1 Å². The molecule has 1 amide bonds. The molecule has 4 nitrogen and oxygen atoms in total. The Morgan fingerprint density at radius 1 is 1.47 bits per heavy atom. The third kappa shape index (κ3) is 4.08. The van der Waals surface area contributed by atoms with Gasteiger partial charge in [-0.05, 0) is 18.4 Å². The molecule has 0 spiro atoms. The summed E-state index contributed by atoms with van der Waals surface area (Å²) >= 11 is 0. The molecule has 0 saturated carbocycles. The molecule has 0 aliphatic carbocycles. The molecule has 1 aromatic carbocycles. The zero-order chi connectivity index (χ0) is 13.5. The largest absolute Gasteiger partial charge is 0.376 e. The molecule has 100 valence electrons. The van der Waals surface area contributed by atoms with Gasteiger partial charge < -0.3 is 10.1 Å². The SMILES string of the molecule is N#CC(CC(=O)NCC1CCCO1)c1ccccc1. The van der Waals surface area contributed by atoms with E-state index < -0.39 is 0 Å². The van der Waals surface area contributed by atoms with E-state index in [1.54, 1.807) is 0 Å². The van der Waals surface area contributed by atoms with Crippen LogP contribution in [0.5, 0.6) is 0 Å². The number of nitrogens with one attached hydrogen (secondary N) is 1. The van der Waals surface area contributed by atoms with Crippen LogP contribution in [0.2, 0.25) is 0 Å². The Morgan fingerprint density at radius 2 is 2.26 bits per heavy atom. The minimum atomic E-state index is -0.384. The van der Waals surface area contributed by atoms with Gasteiger partial charge in [0.2, 0.25) is 5.91 Å². The Balaban J connectivity index is 1.81. The summed E-state index contributed by atoms with van der Waals surface area (Å²) in [5, 5.41) is 12.0. The van der Waals surface area contributed by atoms with Crippen molar-refractivity contribution in [1.29, 1.82) is 5.26 Å². The van der Waals surface area contributed by atoms with E-state index in [1.807, 2.05) is 30.3 Å². The first-order valence-electron chi connectivity index (χ1n) is 6.62. The van der Waals surface area contributed by atoms with Gasteiger partial charge in [0.15, 0.2) is 0 Å². The van der Waals surface area contributed by atoms with Crippen LogP contribution in [0.25, 0.3) is 0 Å². The molecule has 1 heterocycles. The van der Waals surface area contributed by atoms with Crippen molar-refractivity contribution in [2.75, 3.05) is 13.2 Å². The van der Waals surface area contributed by atoms with Gasteiger partial charge in [-0.15, -0.1) is 0 Å². The Labute approximate surface area is 113 Å². The molecule has 0 bridgehead atoms. The third-order valence-electron chi connectivity index (χ3n) is 3.30. The van der Waals surface area contributed by atoms with Gasteiger partial charge in [0.1, 0.15) is 0 Å². The minimum Gasteiger partial charge on any atom is -0.376 e. The number of nitrogens with zero attached hydrogens (tertiary/aromatic N) is 1. The highest BCUT2D eigenvalue weighted by Gasteiger charge is 2.18. The third-order valence-corrected chi connectivity index (χ3v) is 3.30. The van der Waals surface area contributed by atoms with E-state index in [0.717, 1.165) is 25.0 Å². The highest BCUT2D eigenvalue weighted by atomic mass is 16.5. The first-order valence-corrected chi connectivity index (χ1v) is 6.62.